The van der Waals surface area contributed by atoms with Gasteiger partial charge in [0.05, 0.1) is 0 Å². The number of pyridine rings is 1. The molecule has 4 heteroatoms. The molecular formula is C14H22BrN3. The molecule has 18 heavy (non-hydrogen) atoms. The van der Waals surface area contributed by atoms with Gasteiger partial charge in [-0.05, 0) is 55.6 Å². The lowest BCUT2D eigenvalue weighted by molar-refractivity contribution is 0.424. The fourth-order valence-electron chi connectivity index (χ4n) is 1.92. The van der Waals surface area contributed by atoms with Gasteiger partial charge in [-0.2, -0.15) is 0 Å². The van der Waals surface area contributed by atoms with Crippen LogP contribution >= 0.6 is 15.9 Å². The van der Waals surface area contributed by atoms with E-state index in [1.807, 2.05) is 6.20 Å². The maximum absolute atomic E-state index is 4.58. The fraction of sp³-hybridized carbons (Fsp3) is 0.643. The molecule has 100 valence electrons. The van der Waals surface area contributed by atoms with E-state index in [1.54, 1.807) is 0 Å². The van der Waals surface area contributed by atoms with Crippen LogP contribution in [-0.4, -0.2) is 23.6 Å². The number of nitrogens with zero attached hydrogens (tertiary/aromatic N) is 2. The van der Waals surface area contributed by atoms with Gasteiger partial charge in [-0.25, -0.2) is 4.98 Å². The van der Waals surface area contributed by atoms with Crippen molar-refractivity contribution in [2.75, 3.05) is 11.9 Å². The Balaban J connectivity index is 2.17. The van der Waals surface area contributed by atoms with E-state index in [1.165, 1.54) is 18.4 Å². The van der Waals surface area contributed by atoms with Gasteiger partial charge in [0.2, 0.25) is 0 Å². The fourth-order valence-corrected chi connectivity index (χ4v) is 2.30. The minimum Gasteiger partial charge on any atom is -0.356 e. The second kappa shape index (κ2) is 5.17. The molecule has 0 spiro atoms. The largest absolute Gasteiger partial charge is 0.356 e. The maximum Gasteiger partial charge on any atom is 0.133 e. The second-order valence-electron chi connectivity index (χ2n) is 6.08. The van der Waals surface area contributed by atoms with Crippen molar-refractivity contribution < 1.29 is 0 Å². The zero-order valence-corrected chi connectivity index (χ0v) is 13.2. The van der Waals surface area contributed by atoms with Crippen molar-refractivity contribution in [2.45, 2.75) is 51.7 Å². The van der Waals surface area contributed by atoms with Crippen molar-refractivity contribution in [1.82, 2.24) is 10.3 Å². The highest BCUT2D eigenvalue weighted by atomic mass is 79.9. The quantitative estimate of drug-likeness (QED) is 0.924. The van der Waals surface area contributed by atoms with Gasteiger partial charge in [0.15, 0.2) is 0 Å². The third-order valence-corrected chi connectivity index (χ3v) is 3.58. The lowest BCUT2D eigenvalue weighted by Gasteiger charge is -2.24. The normalized spacial score (nSPS) is 15.8. The Morgan fingerprint density at radius 1 is 1.44 bits per heavy atom. The van der Waals surface area contributed by atoms with E-state index in [-0.39, 0.29) is 5.54 Å². The molecule has 0 aliphatic heterocycles. The van der Waals surface area contributed by atoms with E-state index < -0.39 is 0 Å². The maximum atomic E-state index is 4.58. The van der Waals surface area contributed by atoms with Crippen LogP contribution in [0.2, 0.25) is 0 Å². The van der Waals surface area contributed by atoms with Crippen molar-refractivity contribution >= 4 is 21.7 Å². The highest BCUT2D eigenvalue weighted by molar-refractivity contribution is 9.10. The van der Waals surface area contributed by atoms with Gasteiger partial charge in [-0.15, -0.1) is 0 Å². The molecule has 0 amide bonds. The number of halogens is 1. The highest BCUT2D eigenvalue weighted by Gasteiger charge is 2.28. The third kappa shape index (κ3) is 3.69. The van der Waals surface area contributed by atoms with Gasteiger partial charge < -0.3 is 10.2 Å². The summed E-state index contributed by atoms with van der Waals surface area (Å²) in [6.07, 6.45) is 4.47. The van der Waals surface area contributed by atoms with E-state index >= 15 is 0 Å². The first kappa shape index (κ1) is 13.8. The van der Waals surface area contributed by atoms with Crippen molar-refractivity contribution in [3.05, 3.63) is 22.3 Å². The molecule has 1 fully saturated rings. The van der Waals surface area contributed by atoms with E-state index in [0.717, 1.165) is 16.8 Å². The number of aromatic nitrogens is 1. The summed E-state index contributed by atoms with van der Waals surface area (Å²) in [4.78, 5) is 6.89. The van der Waals surface area contributed by atoms with Crippen LogP contribution in [0.5, 0.6) is 0 Å². The second-order valence-corrected chi connectivity index (χ2v) is 7.00. The first-order chi connectivity index (χ1) is 8.37. The molecule has 1 aromatic heterocycles. The zero-order valence-electron chi connectivity index (χ0n) is 11.6. The van der Waals surface area contributed by atoms with Gasteiger partial charge in [-0.1, -0.05) is 0 Å². The van der Waals surface area contributed by atoms with E-state index in [0.29, 0.717) is 6.04 Å². The minimum atomic E-state index is 0.123. The summed E-state index contributed by atoms with van der Waals surface area (Å²) in [5.41, 5.74) is 1.38. The molecule has 1 aliphatic rings. The smallest absolute Gasteiger partial charge is 0.133 e. The number of hydrogen-bond acceptors (Lipinski definition) is 3. The molecule has 2 rings (SSSR count). The Morgan fingerprint density at radius 3 is 2.67 bits per heavy atom. The topological polar surface area (TPSA) is 28.2 Å². The highest BCUT2D eigenvalue weighted by Crippen LogP contribution is 2.31. The lowest BCUT2D eigenvalue weighted by Crippen LogP contribution is -2.35. The number of nitrogens with one attached hydrogen (secondary N) is 1. The first-order valence-electron chi connectivity index (χ1n) is 6.49. The Morgan fingerprint density at radius 2 is 2.11 bits per heavy atom. The van der Waals surface area contributed by atoms with Crippen LogP contribution < -0.4 is 10.2 Å². The molecule has 0 unspecified atom stereocenters. The van der Waals surface area contributed by atoms with Gasteiger partial charge >= 0.3 is 0 Å². The van der Waals surface area contributed by atoms with Crippen LogP contribution in [0.4, 0.5) is 5.82 Å². The summed E-state index contributed by atoms with van der Waals surface area (Å²) in [5.74, 6) is 1.11. The average molecular weight is 312 g/mol. The predicted octanol–water partition coefficient (Wildman–Crippen LogP) is 3.33. The molecule has 0 radical (unpaired) electrons. The Kier molecular flexibility index (Phi) is 3.97. The Labute approximate surface area is 118 Å². The number of anilines is 1. The Hall–Kier alpha value is -0.610. The molecule has 0 saturated heterocycles. The molecule has 3 nitrogen and oxygen atoms in total. The van der Waals surface area contributed by atoms with Crippen LogP contribution in [-0.2, 0) is 6.54 Å². The van der Waals surface area contributed by atoms with Crippen molar-refractivity contribution in [3.8, 4) is 0 Å². The van der Waals surface area contributed by atoms with E-state index in [2.05, 4.69) is 65.0 Å². The molecule has 1 saturated carbocycles. The summed E-state index contributed by atoms with van der Waals surface area (Å²) in [6.45, 7) is 7.40. The molecule has 1 aliphatic carbocycles. The van der Waals surface area contributed by atoms with E-state index in [4.69, 9.17) is 0 Å². The molecule has 1 N–H and O–H groups in total. The summed E-state index contributed by atoms with van der Waals surface area (Å²) >= 11 is 3.51. The van der Waals surface area contributed by atoms with Gasteiger partial charge in [0.25, 0.3) is 0 Å². The standard InChI is InChI=1S/C14H22BrN3/c1-14(2,3)17-8-10-7-11(15)9-16-13(10)18(4)12-5-6-12/h7,9,12,17H,5-6,8H2,1-4H3. The van der Waals surface area contributed by atoms with Crippen molar-refractivity contribution in [2.24, 2.45) is 0 Å². The first-order valence-corrected chi connectivity index (χ1v) is 7.28. The summed E-state index contributed by atoms with van der Waals surface area (Å²) in [5, 5.41) is 3.53. The molecule has 1 aromatic rings. The molecule has 1 heterocycles. The van der Waals surface area contributed by atoms with Gasteiger partial charge in [0.1, 0.15) is 5.82 Å². The SMILES string of the molecule is CN(c1ncc(Br)cc1CNC(C)(C)C)C1CC1. The summed E-state index contributed by atoms with van der Waals surface area (Å²) in [6, 6.07) is 2.85. The molecular weight excluding hydrogens is 290 g/mol. The monoisotopic (exact) mass is 311 g/mol. The molecule has 0 aromatic carbocycles. The minimum absolute atomic E-state index is 0.123. The van der Waals surface area contributed by atoms with Crippen LogP contribution in [0, 0.1) is 0 Å². The molecule has 0 atom stereocenters. The zero-order chi connectivity index (χ0) is 13.3. The van der Waals surface area contributed by atoms with Crippen LogP contribution in [0.15, 0.2) is 16.7 Å². The lowest BCUT2D eigenvalue weighted by atomic mass is 10.1. The third-order valence-electron chi connectivity index (χ3n) is 3.15. The molecule has 0 bridgehead atoms. The average Bonchev–Trinajstić information content (AvgIpc) is 3.08. The van der Waals surface area contributed by atoms with Crippen LogP contribution in [0.25, 0.3) is 0 Å². The summed E-state index contributed by atoms with van der Waals surface area (Å²) < 4.78 is 1.04. The Bertz CT molecular complexity index is 422. The predicted molar refractivity (Wildman–Crippen MR) is 80.0 cm³/mol. The van der Waals surface area contributed by atoms with Gasteiger partial charge in [-0.3, -0.25) is 0 Å². The number of hydrogen-bond donors (Lipinski definition) is 1. The van der Waals surface area contributed by atoms with Gasteiger partial charge in [0, 0.05) is 41.4 Å². The van der Waals surface area contributed by atoms with Crippen molar-refractivity contribution in [1.29, 1.82) is 0 Å². The van der Waals surface area contributed by atoms with E-state index in [9.17, 15) is 0 Å². The summed E-state index contributed by atoms with van der Waals surface area (Å²) in [7, 11) is 2.15. The van der Waals surface area contributed by atoms with Crippen LogP contribution in [0.3, 0.4) is 0 Å². The number of rotatable bonds is 4. The van der Waals surface area contributed by atoms with Crippen LogP contribution in [0.1, 0.15) is 39.2 Å². The van der Waals surface area contributed by atoms with Crippen molar-refractivity contribution in [3.63, 3.8) is 0 Å².